The monoisotopic (exact) mass is 237 g/mol. The van der Waals surface area contributed by atoms with Gasteiger partial charge in [-0.3, -0.25) is 0 Å². The topological polar surface area (TPSA) is 45.4 Å². The lowest BCUT2D eigenvalue weighted by atomic mass is 10.2. The van der Waals surface area contributed by atoms with Crippen molar-refractivity contribution >= 4 is 11.0 Å². The summed E-state index contributed by atoms with van der Waals surface area (Å²) in [5.41, 5.74) is 0.693. The van der Waals surface area contributed by atoms with E-state index in [4.69, 9.17) is 9.52 Å². The van der Waals surface area contributed by atoms with E-state index in [9.17, 15) is 4.39 Å². The van der Waals surface area contributed by atoms with Gasteiger partial charge in [0.1, 0.15) is 17.2 Å². The van der Waals surface area contributed by atoms with Gasteiger partial charge in [-0.2, -0.15) is 0 Å². The Bertz CT molecular complexity index is 493. The summed E-state index contributed by atoms with van der Waals surface area (Å²) < 4.78 is 18.5. The maximum absolute atomic E-state index is 13.0. The van der Waals surface area contributed by atoms with Crippen molar-refractivity contribution in [2.75, 3.05) is 6.54 Å². The molecular weight excluding hydrogens is 221 g/mol. The van der Waals surface area contributed by atoms with Crippen LogP contribution in [0, 0.1) is 5.82 Å². The Balaban J connectivity index is 1.95. The minimum atomic E-state index is -0.299. The summed E-state index contributed by atoms with van der Waals surface area (Å²) in [6, 6.07) is 6.30. The Kier molecular flexibility index (Phi) is 3.76. The van der Waals surface area contributed by atoms with Crippen LogP contribution >= 0.6 is 0 Å². The van der Waals surface area contributed by atoms with E-state index >= 15 is 0 Å². The molecule has 0 spiro atoms. The molecule has 3 nitrogen and oxygen atoms in total. The number of aliphatic hydroxyl groups is 1. The fraction of sp³-hybridized carbons (Fsp3) is 0.385. The first-order valence-corrected chi connectivity index (χ1v) is 5.72. The fourth-order valence-corrected chi connectivity index (χ4v) is 1.68. The molecule has 0 aliphatic rings. The summed E-state index contributed by atoms with van der Waals surface area (Å²) in [5.74, 6) is 0.517. The molecule has 1 aromatic carbocycles. The maximum atomic E-state index is 13.0. The highest BCUT2D eigenvalue weighted by atomic mass is 19.1. The molecule has 0 amide bonds. The second kappa shape index (κ2) is 5.29. The van der Waals surface area contributed by atoms with Gasteiger partial charge in [0.15, 0.2) is 0 Å². The quantitative estimate of drug-likeness (QED) is 0.785. The van der Waals surface area contributed by atoms with E-state index < -0.39 is 0 Å². The highest BCUT2D eigenvalue weighted by molar-refractivity contribution is 5.77. The van der Waals surface area contributed by atoms with Crippen LogP contribution in [0.4, 0.5) is 4.39 Å². The lowest BCUT2D eigenvalue weighted by Crippen LogP contribution is -2.18. The Hall–Kier alpha value is -1.39. The van der Waals surface area contributed by atoms with E-state index in [0.717, 1.165) is 17.7 Å². The second-order valence-corrected chi connectivity index (χ2v) is 4.21. The first kappa shape index (κ1) is 12.1. The zero-order valence-electron chi connectivity index (χ0n) is 9.74. The molecule has 2 aromatic rings. The molecule has 0 saturated heterocycles. The van der Waals surface area contributed by atoms with Gasteiger partial charge in [-0.15, -0.1) is 0 Å². The van der Waals surface area contributed by atoms with Crippen molar-refractivity contribution in [1.29, 1.82) is 0 Å². The molecule has 0 radical (unpaired) electrons. The largest absolute Gasteiger partial charge is 0.460 e. The first-order chi connectivity index (χ1) is 8.15. The number of aliphatic hydroxyl groups excluding tert-OH is 1. The van der Waals surface area contributed by atoms with Crippen molar-refractivity contribution < 1.29 is 13.9 Å². The third-order valence-electron chi connectivity index (χ3n) is 2.57. The van der Waals surface area contributed by atoms with Gasteiger partial charge in [0.05, 0.1) is 12.6 Å². The van der Waals surface area contributed by atoms with Gasteiger partial charge in [-0.1, -0.05) is 0 Å². The lowest BCUT2D eigenvalue weighted by Gasteiger charge is -2.04. The number of halogens is 1. The van der Waals surface area contributed by atoms with E-state index in [1.54, 1.807) is 13.0 Å². The van der Waals surface area contributed by atoms with Crippen LogP contribution in [-0.4, -0.2) is 17.8 Å². The third kappa shape index (κ3) is 3.28. The molecule has 1 unspecified atom stereocenters. The molecule has 0 aliphatic heterocycles. The van der Waals surface area contributed by atoms with Gasteiger partial charge in [0.25, 0.3) is 0 Å². The molecule has 0 fully saturated rings. The summed E-state index contributed by atoms with van der Waals surface area (Å²) in [5, 5.41) is 13.0. The fourth-order valence-electron chi connectivity index (χ4n) is 1.68. The van der Waals surface area contributed by atoms with Crippen LogP contribution in [0.2, 0.25) is 0 Å². The predicted molar refractivity (Wildman–Crippen MR) is 64.2 cm³/mol. The van der Waals surface area contributed by atoms with Gasteiger partial charge < -0.3 is 14.8 Å². The van der Waals surface area contributed by atoms with Crippen LogP contribution in [-0.2, 0) is 6.54 Å². The molecule has 2 rings (SSSR count). The number of hydrogen-bond acceptors (Lipinski definition) is 3. The van der Waals surface area contributed by atoms with Gasteiger partial charge in [-0.05, 0) is 44.2 Å². The maximum Gasteiger partial charge on any atom is 0.134 e. The van der Waals surface area contributed by atoms with Crippen LogP contribution in [0.15, 0.2) is 28.7 Å². The Labute approximate surface area is 99.2 Å². The molecular formula is C13H16FNO2. The molecule has 1 atom stereocenters. The number of benzene rings is 1. The van der Waals surface area contributed by atoms with Crippen molar-refractivity contribution in [3.63, 3.8) is 0 Å². The second-order valence-electron chi connectivity index (χ2n) is 4.21. The molecule has 0 aliphatic carbocycles. The van der Waals surface area contributed by atoms with E-state index in [2.05, 4.69) is 5.32 Å². The smallest absolute Gasteiger partial charge is 0.134 e. The van der Waals surface area contributed by atoms with Crippen molar-refractivity contribution in [2.45, 2.75) is 26.0 Å². The molecule has 17 heavy (non-hydrogen) atoms. The minimum Gasteiger partial charge on any atom is -0.460 e. The van der Waals surface area contributed by atoms with Crippen molar-refractivity contribution in [1.82, 2.24) is 5.32 Å². The van der Waals surface area contributed by atoms with Crippen LogP contribution in [0.3, 0.4) is 0 Å². The molecule has 2 N–H and O–H groups in total. The zero-order chi connectivity index (χ0) is 12.3. The molecule has 0 bridgehead atoms. The predicted octanol–water partition coefficient (Wildman–Crippen LogP) is 2.43. The summed E-state index contributed by atoms with van der Waals surface area (Å²) in [6.07, 6.45) is 0.404. The number of fused-ring (bicyclic) bond motifs is 1. The minimum absolute atomic E-state index is 0.257. The highest BCUT2D eigenvalue weighted by Crippen LogP contribution is 2.20. The SMILES string of the molecule is CC(O)CCNCc1cc2cc(F)ccc2o1. The molecule has 0 saturated carbocycles. The lowest BCUT2D eigenvalue weighted by molar-refractivity contribution is 0.183. The van der Waals surface area contributed by atoms with Crippen molar-refractivity contribution in [3.05, 3.63) is 35.8 Å². The summed E-state index contributed by atoms with van der Waals surface area (Å²) in [6.45, 7) is 3.07. The van der Waals surface area contributed by atoms with Crippen LogP contribution in [0.5, 0.6) is 0 Å². The highest BCUT2D eigenvalue weighted by Gasteiger charge is 2.04. The Morgan fingerprint density at radius 1 is 1.41 bits per heavy atom. The molecule has 92 valence electrons. The Morgan fingerprint density at radius 2 is 2.24 bits per heavy atom. The van der Waals surface area contributed by atoms with E-state index in [-0.39, 0.29) is 11.9 Å². The summed E-state index contributed by atoms with van der Waals surface area (Å²) in [4.78, 5) is 0. The summed E-state index contributed by atoms with van der Waals surface area (Å²) >= 11 is 0. The van der Waals surface area contributed by atoms with E-state index in [1.807, 2.05) is 6.07 Å². The first-order valence-electron chi connectivity index (χ1n) is 5.72. The third-order valence-corrected chi connectivity index (χ3v) is 2.57. The number of furan rings is 1. The van der Waals surface area contributed by atoms with E-state index in [0.29, 0.717) is 18.5 Å². The molecule has 1 aromatic heterocycles. The van der Waals surface area contributed by atoms with E-state index in [1.165, 1.54) is 12.1 Å². The van der Waals surface area contributed by atoms with Crippen molar-refractivity contribution in [3.8, 4) is 0 Å². The number of rotatable bonds is 5. The van der Waals surface area contributed by atoms with Gasteiger partial charge in [0, 0.05) is 5.39 Å². The van der Waals surface area contributed by atoms with Gasteiger partial charge >= 0.3 is 0 Å². The standard InChI is InChI=1S/C13H16FNO2/c1-9(16)4-5-15-8-12-7-10-6-11(14)2-3-13(10)17-12/h2-3,6-7,9,15-16H,4-5,8H2,1H3. The average molecular weight is 237 g/mol. The Morgan fingerprint density at radius 3 is 3.00 bits per heavy atom. The summed E-state index contributed by atoms with van der Waals surface area (Å²) in [7, 11) is 0. The van der Waals surface area contributed by atoms with Crippen LogP contribution in [0.1, 0.15) is 19.1 Å². The molecule has 4 heteroatoms. The zero-order valence-corrected chi connectivity index (χ0v) is 9.74. The normalized spacial score (nSPS) is 13.1. The van der Waals surface area contributed by atoms with Crippen LogP contribution < -0.4 is 5.32 Å². The number of hydrogen-bond donors (Lipinski definition) is 2. The molecule has 1 heterocycles. The van der Waals surface area contributed by atoms with Crippen molar-refractivity contribution in [2.24, 2.45) is 0 Å². The van der Waals surface area contributed by atoms with Gasteiger partial charge in [0.2, 0.25) is 0 Å². The van der Waals surface area contributed by atoms with Crippen LogP contribution in [0.25, 0.3) is 11.0 Å². The van der Waals surface area contributed by atoms with Gasteiger partial charge in [-0.25, -0.2) is 4.39 Å². The number of nitrogens with one attached hydrogen (secondary N) is 1. The average Bonchev–Trinajstić information content (AvgIpc) is 2.66.